The molecular weight excluding hydrogens is 252 g/mol. The van der Waals surface area contributed by atoms with Crippen molar-refractivity contribution in [2.75, 3.05) is 25.6 Å². The third kappa shape index (κ3) is 4.91. The van der Waals surface area contributed by atoms with Crippen molar-refractivity contribution < 1.29 is 4.74 Å². The highest BCUT2D eigenvalue weighted by molar-refractivity contribution is 6.33. The first-order valence-corrected chi connectivity index (χ1v) is 6.08. The molecule has 0 spiro atoms. The second-order valence-electron chi connectivity index (χ2n) is 3.83. The second-order valence-corrected chi connectivity index (χ2v) is 4.24. The van der Waals surface area contributed by atoms with Gasteiger partial charge in [0.15, 0.2) is 0 Å². The number of aliphatic imine (C=N–C) groups is 1. The highest BCUT2D eigenvalue weighted by Gasteiger charge is 2.03. The largest absolute Gasteiger partial charge is 0.385 e. The Morgan fingerprint density at radius 1 is 1.50 bits per heavy atom. The van der Waals surface area contributed by atoms with Crippen LogP contribution in [0.25, 0.3) is 0 Å². The van der Waals surface area contributed by atoms with Crippen LogP contribution < -0.4 is 16.6 Å². The van der Waals surface area contributed by atoms with Crippen LogP contribution >= 0.6 is 11.6 Å². The standard InChI is InChI=1S/C12H19ClN4O/c1-9-4-5-10(13)11(8-9)16-12(17-14)15-6-3-7-18-2/h4-5,8H,3,6-7,14H2,1-2H3,(H2,15,16,17). The third-order valence-electron chi connectivity index (χ3n) is 2.29. The summed E-state index contributed by atoms with van der Waals surface area (Å²) in [6.45, 7) is 3.29. The van der Waals surface area contributed by atoms with Crippen LogP contribution in [0.4, 0.5) is 5.69 Å². The van der Waals surface area contributed by atoms with E-state index in [-0.39, 0.29) is 0 Å². The number of anilines is 1. The molecule has 0 heterocycles. The van der Waals surface area contributed by atoms with Crippen LogP contribution in [0.1, 0.15) is 12.0 Å². The SMILES string of the molecule is COCCCN=C(NN)Nc1cc(C)ccc1Cl. The average Bonchev–Trinajstić information content (AvgIpc) is 2.37. The van der Waals surface area contributed by atoms with Gasteiger partial charge in [-0.2, -0.15) is 0 Å². The van der Waals surface area contributed by atoms with Gasteiger partial charge in [0.2, 0.25) is 5.96 Å². The van der Waals surface area contributed by atoms with Crippen LogP contribution in [0, 0.1) is 6.92 Å². The van der Waals surface area contributed by atoms with Gasteiger partial charge in [-0.05, 0) is 31.0 Å². The summed E-state index contributed by atoms with van der Waals surface area (Å²) >= 11 is 6.07. The van der Waals surface area contributed by atoms with E-state index < -0.39 is 0 Å². The van der Waals surface area contributed by atoms with E-state index in [0.717, 1.165) is 17.7 Å². The van der Waals surface area contributed by atoms with Gasteiger partial charge in [0, 0.05) is 20.3 Å². The number of nitrogens with one attached hydrogen (secondary N) is 2. The van der Waals surface area contributed by atoms with Crippen molar-refractivity contribution in [1.82, 2.24) is 5.43 Å². The fourth-order valence-electron chi connectivity index (χ4n) is 1.38. The van der Waals surface area contributed by atoms with E-state index in [4.69, 9.17) is 22.2 Å². The molecular formula is C12H19ClN4O. The lowest BCUT2D eigenvalue weighted by Crippen LogP contribution is -2.36. The average molecular weight is 271 g/mol. The Morgan fingerprint density at radius 2 is 2.28 bits per heavy atom. The van der Waals surface area contributed by atoms with E-state index in [9.17, 15) is 0 Å². The number of benzene rings is 1. The van der Waals surface area contributed by atoms with Crippen LogP contribution in [0.2, 0.25) is 5.02 Å². The van der Waals surface area contributed by atoms with Crippen LogP contribution in [-0.2, 0) is 4.74 Å². The topological polar surface area (TPSA) is 71.7 Å². The number of rotatable bonds is 5. The highest BCUT2D eigenvalue weighted by Crippen LogP contribution is 2.22. The van der Waals surface area contributed by atoms with Crippen molar-refractivity contribution >= 4 is 23.2 Å². The maximum atomic E-state index is 6.07. The molecule has 0 fully saturated rings. The van der Waals surface area contributed by atoms with Gasteiger partial charge in [0.25, 0.3) is 0 Å². The second kappa shape index (κ2) is 7.92. The van der Waals surface area contributed by atoms with Crippen molar-refractivity contribution in [3.05, 3.63) is 28.8 Å². The minimum absolute atomic E-state index is 0.485. The minimum atomic E-state index is 0.485. The molecule has 0 aliphatic rings. The summed E-state index contributed by atoms with van der Waals surface area (Å²) in [5, 5.41) is 3.68. The summed E-state index contributed by atoms with van der Waals surface area (Å²) in [5.74, 6) is 5.89. The first-order valence-electron chi connectivity index (χ1n) is 5.70. The molecule has 0 saturated carbocycles. The van der Waals surface area contributed by atoms with Crippen LogP contribution in [0.3, 0.4) is 0 Å². The highest BCUT2D eigenvalue weighted by atomic mass is 35.5. The molecule has 5 nitrogen and oxygen atoms in total. The monoisotopic (exact) mass is 270 g/mol. The molecule has 4 N–H and O–H groups in total. The molecule has 0 radical (unpaired) electrons. The van der Waals surface area contributed by atoms with Gasteiger partial charge in [-0.1, -0.05) is 17.7 Å². The number of methoxy groups -OCH3 is 1. The maximum Gasteiger partial charge on any atom is 0.210 e. The van der Waals surface area contributed by atoms with Gasteiger partial charge in [-0.3, -0.25) is 10.4 Å². The lowest BCUT2D eigenvalue weighted by atomic mass is 10.2. The van der Waals surface area contributed by atoms with E-state index in [2.05, 4.69) is 15.7 Å². The molecule has 0 aliphatic heterocycles. The molecule has 1 aromatic carbocycles. The molecule has 0 aromatic heterocycles. The molecule has 0 saturated heterocycles. The van der Waals surface area contributed by atoms with Crippen molar-refractivity contribution in [1.29, 1.82) is 0 Å². The Morgan fingerprint density at radius 3 is 2.94 bits per heavy atom. The van der Waals surface area contributed by atoms with E-state index in [1.807, 2.05) is 25.1 Å². The molecule has 0 aliphatic carbocycles. The lowest BCUT2D eigenvalue weighted by molar-refractivity contribution is 0.197. The fraction of sp³-hybridized carbons (Fsp3) is 0.417. The summed E-state index contributed by atoms with van der Waals surface area (Å²) in [6, 6.07) is 5.71. The maximum absolute atomic E-state index is 6.07. The number of halogens is 1. The number of nitrogens with two attached hydrogens (primary N) is 1. The van der Waals surface area contributed by atoms with Crippen LogP contribution in [0.5, 0.6) is 0 Å². The smallest absolute Gasteiger partial charge is 0.210 e. The van der Waals surface area contributed by atoms with Crippen molar-refractivity contribution in [3.8, 4) is 0 Å². The number of hydrogen-bond donors (Lipinski definition) is 3. The quantitative estimate of drug-likeness (QED) is 0.251. The lowest BCUT2D eigenvalue weighted by Gasteiger charge is -2.11. The summed E-state index contributed by atoms with van der Waals surface area (Å²) in [4.78, 5) is 4.28. The Balaban J connectivity index is 2.64. The van der Waals surface area contributed by atoms with Gasteiger partial charge in [-0.25, -0.2) is 5.84 Å². The summed E-state index contributed by atoms with van der Waals surface area (Å²) in [7, 11) is 1.66. The Hall–Kier alpha value is -1.30. The van der Waals surface area contributed by atoms with Gasteiger partial charge in [0.05, 0.1) is 10.7 Å². The molecule has 1 aromatic rings. The molecule has 0 bridgehead atoms. The van der Waals surface area contributed by atoms with Gasteiger partial charge >= 0.3 is 0 Å². The summed E-state index contributed by atoms with van der Waals surface area (Å²) in [5.41, 5.74) is 4.40. The van der Waals surface area contributed by atoms with Crippen LogP contribution in [-0.4, -0.2) is 26.2 Å². The predicted molar refractivity (Wildman–Crippen MR) is 75.9 cm³/mol. The Bertz CT molecular complexity index is 409. The minimum Gasteiger partial charge on any atom is -0.385 e. The van der Waals surface area contributed by atoms with E-state index in [0.29, 0.717) is 24.1 Å². The molecule has 1 rings (SSSR count). The number of hydrazine groups is 1. The first-order chi connectivity index (χ1) is 8.67. The summed E-state index contributed by atoms with van der Waals surface area (Å²) in [6.07, 6.45) is 0.838. The normalized spacial score (nSPS) is 11.4. The zero-order chi connectivity index (χ0) is 13.4. The van der Waals surface area contributed by atoms with E-state index in [1.165, 1.54) is 0 Å². The fourth-order valence-corrected chi connectivity index (χ4v) is 1.55. The number of nitrogens with zero attached hydrogens (tertiary/aromatic N) is 1. The van der Waals surface area contributed by atoms with Gasteiger partial charge in [0.1, 0.15) is 0 Å². The van der Waals surface area contributed by atoms with E-state index in [1.54, 1.807) is 7.11 Å². The number of aryl methyl sites for hydroxylation is 1. The first kappa shape index (κ1) is 14.8. The van der Waals surface area contributed by atoms with Gasteiger partial charge < -0.3 is 10.1 Å². The Labute approximate surface area is 112 Å². The number of ether oxygens (including phenoxy) is 1. The molecule has 6 heteroatoms. The van der Waals surface area contributed by atoms with E-state index >= 15 is 0 Å². The third-order valence-corrected chi connectivity index (χ3v) is 2.62. The molecule has 18 heavy (non-hydrogen) atoms. The molecule has 0 unspecified atom stereocenters. The zero-order valence-corrected chi connectivity index (χ0v) is 11.4. The van der Waals surface area contributed by atoms with Gasteiger partial charge in [-0.15, -0.1) is 0 Å². The van der Waals surface area contributed by atoms with Crippen molar-refractivity contribution in [2.45, 2.75) is 13.3 Å². The molecule has 0 atom stereocenters. The Kier molecular flexibility index (Phi) is 6.49. The zero-order valence-electron chi connectivity index (χ0n) is 10.7. The molecule has 100 valence electrons. The number of guanidine groups is 1. The predicted octanol–water partition coefficient (Wildman–Crippen LogP) is 1.92. The van der Waals surface area contributed by atoms with Crippen LogP contribution in [0.15, 0.2) is 23.2 Å². The van der Waals surface area contributed by atoms with Crippen molar-refractivity contribution in [2.24, 2.45) is 10.8 Å². The number of hydrogen-bond acceptors (Lipinski definition) is 3. The van der Waals surface area contributed by atoms with Crippen molar-refractivity contribution in [3.63, 3.8) is 0 Å². The molecule has 0 amide bonds. The summed E-state index contributed by atoms with van der Waals surface area (Å²) < 4.78 is 4.95.